The SMILES string of the molecule is CC(C)c1nn(Cc2ccc(C#N)cc2)c(C(F)(F)F)c1C1(C(N)=O)CC(C(N)=O)=Nc2cc(F)ccc21. The zero-order valence-corrected chi connectivity index (χ0v) is 20.3. The molecule has 196 valence electrons. The van der Waals surface area contributed by atoms with E-state index in [2.05, 4.69) is 10.1 Å². The molecule has 2 amide bonds. The number of hydrogen-bond acceptors (Lipinski definition) is 5. The van der Waals surface area contributed by atoms with E-state index < -0.39 is 58.5 Å². The van der Waals surface area contributed by atoms with Gasteiger partial charge in [0.2, 0.25) is 5.91 Å². The number of halogens is 4. The first-order valence-corrected chi connectivity index (χ1v) is 11.4. The second kappa shape index (κ2) is 9.41. The van der Waals surface area contributed by atoms with Crippen molar-refractivity contribution in [3.05, 3.63) is 81.9 Å². The number of benzene rings is 2. The number of carbonyl (C=O) groups excluding carboxylic acids is 2. The van der Waals surface area contributed by atoms with Crippen LogP contribution in [0, 0.1) is 17.1 Å². The predicted molar refractivity (Wildman–Crippen MR) is 129 cm³/mol. The van der Waals surface area contributed by atoms with Crippen LogP contribution in [0.4, 0.5) is 23.2 Å². The van der Waals surface area contributed by atoms with Crippen molar-refractivity contribution in [3.63, 3.8) is 0 Å². The van der Waals surface area contributed by atoms with Gasteiger partial charge in [0.25, 0.3) is 5.91 Å². The normalized spacial score (nSPS) is 17.1. The third kappa shape index (κ3) is 4.40. The molecule has 4 N–H and O–H groups in total. The number of fused-ring (bicyclic) bond motifs is 1. The Labute approximate surface area is 214 Å². The molecule has 0 saturated carbocycles. The Bertz CT molecular complexity index is 1520. The number of aliphatic imine (C=N–C) groups is 1. The van der Waals surface area contributed by atoms with Crippen molar-refractivity contribution < 1.29 is 27.2 Å². The van der Waals surface area contributed by atoms with Gasteiger partial charge in [-0.15, -0.1) is 0 Å². The van der Waals surface area contributed by atoms with Crippen molar-refractivity contribution in [3.8, 4) is 6.07 Å². The van der Waals surface area contributed by atoms with Crippen molar-refractivity contribution >= 4 is 23.2 Å². The molecule has 2 heterocycles. The first kappa shape index (κ1) is 26.5. The monoisotopic (exact) mass is 526 g/mol. The molecule has 2 aromatic carbocycles. The van der Waals surface area contributed by atoms with Crippen LogP contribution in [0.15, 0.2) is 47.5 Å². The number of rotatable bonds is 6. The van der Waals surface area contributed by atoms with Crippen LogP contribution in [-0.4, -0.2) is 27.3 Å². The number of amides is 2. The number of nitriles is 1. The fraction of sp³-hybridized carbons (Fsp3) is 0.269. The summed E-state index contributed by atoms with van der Waals surface area (Å²) in [6.45, 7) is 2.86. The number of alkyl halides is 3. The minimum absolute atomic E-state index is 0.0780. The zero-order chi connectivity index (χ0) is 28.0. The predicted octanol–water partition coefficient (Wildman–Crippen LogP) is 3.82. The van der Waals surface area contributed by atoms with E-state index in [9.17, 15) is 27.2 Å². The minimum Gasteiger partial charge on any atom is -0.369 e. The van der Waals surface area contributed by atoms with E-state index >= 15 is 0 Å². The van der Waals surface area contributed by atoms with Gasteiger partial charge in [0, 0.05) is 12.0 Å². The molecule has 1 aromatic heterocycles. The van der Waals surface area contributed by atoms with E-state index in [-0.39, 0.29) is 23.5 Å². The standard InChI is InChI=1S/C26H22F4N6O2/c1-13(2)21-20(22(26(28,29)30)36(35-21)12-15-5-3-14(11-31)4-6-15)25(24(33)38)10-19(23(32)37)34-18-9-16(27)7-8-17(18)25/h3-9,13H,10,12H2,1-2H3,(H2,32,37)(H2,33,38). The number of primary amides is 2. The first-order chi connectivity index (χ1) is 17.8. The summed E-state index contributed by atoms with van der Waals surface area (Å²) in [4.78, 5) is 29.5. The van der Waals surface area contributed by atoms with Crippen molar-refractivity contribution in [1.29, 1.82) is 5.26 Å². The molecule has 0 spiro atoms. The molecule has 0 fully saturated rings. The van der Waals surface area contributed by atoms with Crippen LogP contribution in [0.3, 0.4) is 0 Å². The number of hydrogen-bond donors (Lipinski definition) is 2. The summed E-state index contributed by atoms with van der Waals surface area (Å²) in [5, 5.41) is 13.3. The molecule has 0 bridgehead atoms. The molecule has 1 aliphatic heterocycles. The molecule has 0 aliphatic carbocycles. The van der Waals surface area contributed by atoms with Gasteiger partial charge >= 0.3 is 6.18 Å². The highest BCUT2D eigenvalue weighted by molar-refractivity contribution is 6.40. The number of aromatic nitrogens is 2. The second-order valence-electron chi connectivity index (χ2n) is 9.26. The van der Waals surface area contributed by atoms with Gasteiger partial charge in [0.15, 0.2) is 0 Å². The van der Waals surface area contributed by atoms with E-state index in [1.54, 1.807) is 13.8 Å². The zero-order valence-electron chi connectivity index (χ0n) is 20.3. The Morgan fingerprint density at radius 1 is 1.16 bits per heavy atom. The molecule has 4 rings (SSSR count). The van der Waals surface area contributed by atoms with Crippen molar-refractivity contribution in [2.24, 2.45) is 16.5 Å². The van der Waals surface area contributed by atoms with Crippen LogP contribution in [0.2, 0.25) is 0 Å². The van der Waals surface area contributed by atoms with E-state index in [1.807, 2.05) is 6.07 Å². The van der Waals surface area contributed by atoms with Crippen LogP contribution in [0.1, 0.15) is 59.8 Å². The molecule has 8 nitrogen and oxygen atoms in total. The Kier molecular flexibility index (Phi) is 6.57. The van der Waals surface area contributed by atoms with Gasteiger partial charge in [-0.05, 0) is 41.3 Å². The van der Waals surface area contributed by atoms with E-state index in [4.69, 9.17) is 16.7 Å². The highest BCUT2D eigenvalue weighted by Crippen LogP contribution is 2.50. The van der Waals surface area contributed by atoms with Gasteiger partial charge in [0.1, 0.15) is 22.6 Å². The summed E-state index contributed by atoms with van der Waals surface area (Å²) < 4.78 is 59.4. The number of carbonyl (C=O) groups is 2. The summed E-state index contributed by atoms with van der Waals surface area (Å²) in [5.74, 6) is -3.70. The molecule has 0 radical (unpaired) electrons. The maximum Gasteiger partial charge on any atom is 0.433 e. The van der Waals surface area contributed by atoms with Gasteiger partial charge in [-0.3, -0.25) is 14.3 Å². The largest absolute Gasteiger partial charge is 0.433 e. The molecule has 1 atom stereocenters. The van der Waals surface area contributed by atoms with Gasteiger partial charge in [-0.25, -0.2) is 9.38 Å². The summed E-state index contributed by atoms with van der Waals surface area (Å²) in [5.41, 5.74) is 7.13. The van der Waals surface area contributed by atoms with E-state index in [0.717, 1.165) is 22.9 Å². The average Bonchev–Trinajstić information content (AvgIpc) is 3.23. The van der Waals surface area contributed by atoms with Crippen molar-refractivity contribution in [1.82, 2.24) is 9.78 Å². The van der Waals surface area contributed by atoms with Crippen LogP contribution < -0.4 is 11.5 Å². The van der Waals surface area contributed by atoms with Gasteiger partial charge in [-0.2, -0.15) is 23.5 Å². The third-order valence-electron chi connectivity index (χ3n) is 6.45. The fourth-order valence-corrected chi connectivity index (χ4v) is 4.76. The summed E-state index contributed by atoms with van der Waals surface area (Å²) in [6.07, 6.45) is -5.69. The van der Waals surface area contributed by atoms with Gasteiger partial charge in [-0.1, -0.05) is 32.0 Å². The lowest BCUT2D eigenvalue weighted by atomic mass is 9.66. The molecule has 0 saturated heterocycles. The summed E-state index contributed by atoms with van der Waals surface area (Å²) in [7, 11) is 0. The molecular weight excluding hydrogens is 504 g/mol. The molecule has 3 aromatic rings. The second-order valence-corrected chi connectivity index (χ2v) is 9.26. The third-order valence-corrected chi connectivity index (χ3v) is 6.45. The van der Waals surface area contributed by atoms with Crippen LogP contribution in [0.5, 0.6) is 0 Å². The lowest BCUT2D eigenvalue weighted by Crippen LogP contribution is -2.49. The summed E-state index contributed by atoms with van der Waals surface area (Å²) >= 11 is 0. The molecule has 12 heteroatoms. The van der Waals surface area contributed by atoms with Gasteiger partial charge in [0.05, 0.1) is 29.6 Å². The quantitative estimate of drug-likeness (QED) is 0.471. The highest BCUT2D eigenvalue weighted by Gasteiger charge is 2.54. The molecule has 1 unspecified atom stereocenters. The smallest absolute Gasteiger partial charge is 0.369 e. The van der Waals surface area contributed by atoms with E-state index in [0.29, 0.717) is 11.1 Å². The Morgan fingerprint density at radius 2 is 1.82 bits per heavy atom. The van der Waals surface area contributed by atoms with Crippen LogP contribution in [-0.2, 0) is 27.7 Å². The topological polar surface area (TPSA) is 140 Å². The minimum atomic E-state index is -5.02. The van der Waals surface area contributed by atoms with Crippen LogP contribution >= 0.6 is 0 Å². The van der Waals surface area contributed by atoms with Crippen molar-refractivity contribution in [2.75, 3.05) is 0 Å². The summed E-state index contributed by atoms with van der Waals surface area (Å²) in [6, 6.07) is 10.9. The van der Waals surface area contributed by atoms with Crippen LogP contribution in [0.25, 0.3) is 0 Å². The molecule has 38 heavy (non-hydrogen) atoms. The number of nitrogens with zero attached hydrogens (tertiary/aromatic N) is 4. The highest BCUT2D eigenvalue weighted by atomic mass is 19.4. The first-order valence-electron chi connectivity index (χ1n) is 11.4. The fourth-order valence-electron chi connectivity index (χ4n) is 4.76. The lowest BCUT2D eigenvalue weighted by Gasteiger charge is -2.36. The molecule has 1 aliphatic rings. The Balaban J connectivity index is 2.09. The lowest BCUT2D eigenvalue weighted by molar-refractivity contribution is -0.145. The molecular formula is C26H22F4N6O2. The van der Waals surface area contributed by atoms with E-state index in [1.165, 1.54) is 24.3 Å². The maximum absolute atomic E-state index is 14.9. The van der Waals surface area contributed by atoms with Crippen molar-refractivity contribution in [2.45, 2.75) is 44.3 Å². The Hall–Kier alpha value is -4.53. The Morgan fingerprint density at radius 3 is 2.34 bits per heavy atom. The number of nitrogens with two attached hydrogens (primary N) is 2. The maximum atomic E-state index is 14.9. The van der Waals surface area contributed by atoms with Gasteiger partial charge < -0.3 is 11.5 Å². The average molecular weight is 526 g/mol.